The Kier molecular flexibility index (Phi) is 7.76. The number of aliphatic hydroxyl groups excluding tert-OH is 1. The van der Waals surface area contributed by atoms with E-state index >= 15 is 0 Å². The summed E-state index contributed by atoms with van der Waals surface area (Å²) in [4.78, 5) is 13.6. The lowest BCUT2D eigenvalue weighted by molar-refractivity contribution is 0.0657. The highest BCUT2D eigenvalue weighted by Crippen LogP contribution is 2.37. The molecule has 1 amide bonds. The van der Waals surface area contributed by atoms with Crippen LogP contribution in [0.4, 0.5) is 5.69 Å². The van der Waals surface area contributed by atoms with Crippen LogP contribution in [0.2, 0.25) is 0 Å². The molecule has 2 atom stereocenters. The molecular formula is C28H36N4O5S. The minimum Gasteiger partial charge on any atom is -0.390 e. The number of hydrogen-bond donors (Lipinski definition) is 3. The summed E-state index contributed by atoms with van der Waals surface area (Å²) < 4.78 is 34.0. The number of ether oxygens (including phenoxy) is 1. The Morgan fingerprint density at radius 3 is 2.63 bits per heavy atom. The lowest BCUT2D eigenvalue weighted by Gasteiger charge is -2.29. The number of hydrogen-bond acceptors (Lipinski definition) is 6. The Morgan fingerprint density at radius 2 is 1.92 bits per heavy atom. The molecule has 0 unspecified atom stereocenters. The first-order valence-electron chi connectivity index (χ1n) is 13.2. The van der Waals surface area contributed by atoms with Crippen molar-refractivity contribution in [3.63, 3.8) is 0 Å². The molecule has 2 aromatic carbocycles. The van der Waals surface area contributed by atoms with Crippen molar-refractivity contribution in [2.75, 3.05) is 31.1 Å². The van der Waals surface area contributed by atoms with E-state index in [0.717, 1.165) is 34.9 Å². The van der Waals surface area contributed by atoms with E-state index in [1.54, 1.807) is 10.6 Å². The molecule has 38 heavy (non-hydrogen) atoms. The summed E-state index contributed by atoms with van der Waals surface area (Å²) in [6.07, 6.45) is 4.00. The quantitative estimate of drug-likeness (QED) is 0.384. The highest BCUT2D eigenvalue weighted by molar-refractivity contribution is 7.91. The molecular weight excluding hydrogens is 504 g/mol. The maximum atomic E-state index is 13.6. The van der Waals surface area contributed by atoms with E-state index in [-0.39, 0.29) is 17.8 Å². The molecule has 3 heterocycles. The Labute approximate surface area is 223 Å². The highest BCUT2D eigenvalue weighted by atomic mass is 32.2. The molecule has 0 saturated carbocycles. The van der Waals surface area contributed by atoms with Crippen LogP contribution in [0, 0.1) is 0 Å². The van der Waals surface area contributed by atoms with E-state index in [0.29, 0.717) is 43.9 Å². The second-order valence-corrected chi connectivity index (χ2v) is 12.2. The molecule has 1 aromatic heterocycles. The smallest absolute Gasteiger partial charge is 0.253 e. The number of amides is 1. The van der Waals surface area contributed by atoms with Gasteiger partial charge in [0.05, 0.1) is 23.3 Å². The van der Waals surface area contributed by atoms with Crippen molar-refractivity contribution < 1.29 is 23.1 Å². The van der Waals surface area contributed by atoms with Crippen LogP contribution in [0.15, 0.2) is 48.7 Å². The van der Waals surface area contributed by atoms with Gasteiger partial charge >= 0.3 is 0 Å². The number of carbonyl (C=O) groups is 1. The number of nitrogens with one attached hydrogen (secondary N) is 2. The van der Waals surface area contributed by atoms with Gasteiger partial charge in [-0.15, -0.1) is 0 Å². The van der Waals surface area contributed by atoms with E-state index in [1.165, 1.54) is 11.4 Å². The maximum absolute atomic E-state index is 13.6. The third kappa shape index (κ3) is 5.44. The largest absolute Gasteiger partial charge is 0.390 e. The minimum absolute atomic E-state index is 0.121. The van der Waals surface area contributed by atoms with Crippen molar-refractivity contribution >= 4 is 32.5 Å². The van der Waals surface area contributed by atoms with E-state index in [9.17, 15) is 18.3 Å². The Bertz CT molecular complexity index is 1400. The summed E-state index contributed by atoms with van der Waals surface area (Å²) >= 11 is 0. The molecule has 1 fully saturated rings. The molecule has 10 heteroatoms. The lowest BCUT2D eigenvalue weighted by atomic mass is 9.99. The summed E-state index contributed by atoms with van der Waals surface area (Å²) in [5.74, 6) is -0.468. The van der Waals surface area contributed by atoms with Gasteiger partial charge in [0.25, 0.3) is 15.9 Å². The van der Waals surface area contributed by atoms with Crippen LogP contribution in [0.25, 0.3) is 10.9 Å². The Balaban J connectivity index is 1.42. The van der Waals surface area contributed by atoms with Gasteiger partial charge in [-0.3, -0.25) is 9.10 Å². The van der Waals surface area contributed by atoms with Gasteiger partial charge in [-0.2, -0.15) is 0 Å². The minimum atomic E-state index is -3.55. The monoisotopic (exact) mass is 540 g/mol. The topological polar surface area (TPSA) is 113 Å². The third-order valence-electron chi connectivity index (χ3n) is 7.65. The maximum Gasteiger partial charge on any atom is 0.253 e. The second-order valence-electron chi connectivity index (χ2n) is 10.2. The normalized spacial score (nSPS) is 18.9. The number of benzene rings is 2. The second kappa shape index (κ2) is 11.1. The van der Waals surface area contributed by atoms with Crippen molar-refractivity contribution in [2.45, 2.75) is 56.7 Å². The number of rotatable bonds is 9. The first-order chi connectivity index (χ1) is 18.3. The van der Waals surface area contributed by atoms with Crippen molar-refractivity contribution in [1.82, 2.24) is 15.2 Å². The summed E-state index contributed by atoms with van der Waals surface area (Å²) in [6.45, 7) is 3.76. The predicted octanol–water partition coefficient (Wildman–Crippen LogP) is 2.41. The van der Waals surface area contributed by atoms with Gasteiger partial charge in [0.15, 0.2) is 0 Å². The van der Waals surface area contributed by atoms with Gasteiger partial charge in [-0.1, -0.05) is 37.3 Å². The zero-order valence-electron chi connectivity index (χ0n) is 21.9. The van der Waals surface area contributed by atoms with E-state index in [4.69, 9.17) is 4.74 Å². The van der Waals surface area contributed by atoms with Crippen LogP contribution < -0.4 is 14.9 Å². The van der Waals surface area contributed by atoms with Crippen LogP contribution in [0.3, 0.4) is 0 Å². The molecule has 1 saturated heterocycles. The van der Waals surface area contributed by atoms with Crippen molar-refractivity contribution in [3.8, 4) is 0 Å². The van der Waals surface area contributed by atoms with Crippen LogP contribution >= 0.6 is 0 Å². The summed E-state index contributed by atoms with van der Waals surface area (Å²) in [5.41, 5.74) is 3.66. The van der Waals surface area contributed by atoms with E-state index in [1.807, 2.05) is 49.5 Å². The molecule has 0 aliphatic carbocycles. The average molecular weight is 541 g/mol. The number of sulfonamides is 1. The van der Waals surface area contributed by atoms with Crippen LogP contribution in [0.5, 0.6) is 0 Å². The van der Waals surface area contributed by atoms with Crippen LogP contribution in [-0.2, 0) is 33.5 Å². The summed E-state index contributed by atoms with van der Waals surface area (Å²) in [6, 6.07) is 13.0. The molecule has 204 valence electrons. The van der Waals surface area contributed by atoms with Crippen LogP contribution in [0.1, 0.15) is 41.3 Å². The SMILES string of the molecule is CCc1cn2c3c(cc(C(=O)N[C@@H](Cc4ccccc4)[C@H](O)CNC4CCOCC4)cc13)N(C)S(=O)(=O)C2. The molecule has 2 aliphatic rings. The highest BCUT2D eigenvalue weighted by Gasteiger charge is 2.31. The van der Waals surface area contributed by atoms with Crippen molar-refractivity contribution in [2.24, 2.45) is 0 Å². The number of aromatic nitrogens is 1. The van der Waals surface area contributed by atoms with Gasteiger partial charge in [0.1, 0.15) is 5.88 Å². The Hall–Kier alpha value is -2.92. The number of anilines is 1. The van der Waals surface area contributed by atoms with Gasteiger partial charge in [0.2, 0.25) is 0 Å². The zero-order chi connectivity index (χ0) is 26.9. The van der Waals surface area contributed by atoms with Crippen LogP contribution in [-0.4, -0.2) is 69.0 Å². The zero-order valence-corrected chi connectivity index (χ0v) is 22.7. The number of carbonyl (C=O) groups excluding carboxylic acids is 1. The third-order valence-corrected chi connectivity index (χ3v) is 9.29. The van der Waals surface area contributed by atoms with E-state index in [2.05, 4.69) is 10.6 Å². The van der Waals surface area contributed by atoms with Gasteiger partial charge in [0, 0.05) is 50.0 Å². The van der Waals surface area contributed by atoms with Gasteiger partial charge in [-0.05, 0) is 48.9 Å². The number of nitrogens with zero attached hydrogens (tertiary/aromatic N) is 2. The fraction of sp³-hybridized carbons (Fsp3) is 0.464. The molecule has 3 N–H and O–H groups in total. The van der Waals surface area contributed by atoms with E-state index < -0.39 is 22.2 Å². The molecule has 9 nitrogen and oxygen atoms in total. The lowest BCUT2D eigenvalue weighted by Crippen LogP contribution is -2.50. The average Bonchev–Trinajstić information content (AvgIpc) is 3.27. The fourth-order valence-corrected chi connectivity index (χ4v) is 6.56. The molecule has 5 rings (SSSR count). The predicted molar refractivity (Wildman–Crippen MR) is 148 cm³/mol. The molecule has 0 bridgehead atoms. The van der Waals surface area contributed by atoms with Crippen molar-refractivity contribution in [3.05, 3.63) is 65.4 Å². The molecule has 2 aliphatic heterocycles. The number of aryl methyl sites for hydroxylation is 1. The van der Waals surface area contributed by atoms with Gasteiger partial charge in [-0.25, -0.2) is 8.42 Å². The summed E-state index contributed by atoms with van der Waals surface area (Å²) in [5, 5.41) is 18.5. The number of aliphatic hydroxyl groups is 1. The standard InChI is InChI=1S/C28H36N4O5S/c1-3-20-17-32-18-38(35,36)31(2)25-15-21(14-23(20)27(25)32)28(34)30-24(13-19-7-5-4-6-8-19)26(33)16-29-22-9-11-37-12-10-22/h4-8,14-15,17,22,24,26,29,33H,3,9-13,16,18H2,1-2H3,(H,30,34)/t24-,26+/m0/s1. The molecule has 0 spiro atoms. The fourth-order valence-electron chi connectivity index (χ4n) is 5.39. The first kappa shape index (κ1) is 26.7. The van der Waals surface area contributed by atoms with Crippen molar-refractivity contribution in [1.29, 1.82) is 0 Å². The first-order valence-corrected chi connectivity index (χ1v) is 14.8. The van der Waals surface area contributed by atoms with Gasteiger partial charge < -0.3 is 25.0 Å². The summed E-state index contributed by atoms with van der Waals surface area (Å²) in [7, 11) is -2.02. The molecule has 0 radical (unpaired) electrons. The Morgan fingerprint density at radius 1 is 1.18 bits per heavy atom. The molecule has 3 aromatic rings.